The third-order valence-electron chi connectivity index (χ3n) is 2.58. The smallest absolute Gasteiger partial charge is 0.278 e. The molecule has 0 aliphatic carbocycles. The summed E-state index contributed by atoms with van der Waals surface area (Å²) in [4.78, 5) is 10.6. The predicted molar refractivity (Wildman–Crippen MR) is 61.9 cm³/mol. The molecule has 0 atom stereocenters. The number of nitro benzene ring substituents is 1. The van der Waals surface area contributed by atoms with Crippen molar-refractivity contribution in [1.29, 1.82) is 0 Å². The second-order valence-corrected chi connectivity index (χ2v) is 4.35. The van der Waals surface area contributed by atoms with E-state index in [1.54, 1.807) is 19.1 Å². The van der Waals surface area contributed by atoms with Crippen molar-refractivity contribution < 1.29 is 9.35 Å². The van der Waals surface area contributed by atoms with Crippen LogP contribution >= 0.6 is 0 Å². The summed E-state index contributed by atoms with van der Waals surface area (Å²) in [5, 5.41) is 11.0. The molecular formula is C10H15NO3Si. The van der Waals surface area contributed by atoms with Crippen molar-refractivity contribution in [3.63, 3.8) is 0 Å². The Morgan fingerprint density at radius 2 is 2.07 bits per heavy atom. The maximum Gasteiger partial charge on any atom is 0.278 e. The van der Waals surface area contributed by atoms with Gasteiger partial charge in [0.25, 0.3) is 5.69 Å². The van der Waals surface area contributed by atoms with Crippen LogP contribution < -0.4 is 0 Å². The summed E-state index contributed by atoms with van der Waals surface area (Å²) in [6.45, 7) is 5.44. The third kappa shape index (κ3) is 2.24. The van der Waals surface area contributed by atoms with Gasteiger partial charge in [0.15, 0.2) is 0 Å². The number of hydrogen-bond donors (Lipinski definition) is 0. The molecule has 0 radical (unpaired) electrons. The average molecular weight is 225 g/mol. The number of rotatable bonds is 3. The van der Waals surface area contributed by atoms with E-state index in [2.05, 4.69) is 0 Å². The van der Waals surface area contributed by atoms with Crippen LogP contribution in [-0.4, -0.2) is 15.4 Å². The normalized spacial score (nSPS) is 11.7. The predicted octanol–water partition coefficient (Wildman–Crippen LogP) is 1.44. The molecule has 0 aliphatic heterocycles. The molecule has 0 saturated carbocycles. The summed E-state index contributed by atoms with van der Waals surface area (Å²) in [5.74, 6) is 0. The average Bonchev–Trinajstić information content (AvgIpc) is 2.16. The molecule has 0 spiro atoms. The first-order chi connectivity index (χ1) is 6.90. The summed E-state index contributed by atoms with van der Waals surface area (Å²) in [7, 11) is 0.551. The van der Waals surface area contributed by atoms with Gasteiger partial charge >= 0.3 is 0 Å². The minimum atomic E-state index is -0.583. The van der Waals surface area contributed by atoms with Gasteiger partial charge in [-0.2, -0.15) is 0 Å². The van der Waals surface area contributed by atoms with Gasteiger partial charge in [-0.15, -0.1) is 0 Å². The molecule has 82 valence electrons. The molecule has 0 bridgehead atoms. The molecule has 1 rings (SSSR count). The van der Waals surface area contributed by atoms with Crippen LogP contribution in [0.5, 0.6) is 0 Å². The first kappa shape index (κ1) is 11.9. The first-order valence-electron chi connectivity index (χ1n) is 4.70. The molecule has 0 heterocycles. The molecule has 0 aliphatic rings. The molecular weight excluding hydrogens is 210 g/mol. The van der Waals surface area contributed by atoms with E-state index < -0.39 is 5.60 Å². The van der Waals surface area contributed by atoms with E-state index in [0.717, 1.165) is 0 Å². The van der Waals surface area contributed by atoms with Gasteiger partial charge in [0.05, 0.1) is 16.1 Å². The number of nitrogens with zero attached hydrogens (tertiary/aromatic N) is 1. The van der Waals surface area contributed by atoms with Gasteiger partial charge in [0, 0.05) is 5.56 Å². The zero-order valence-corrected chi connectivity index (χ0v) is 11.4. The minimum Gasteiger partial charge on any atom is -0.419 e. The third-order valence-corrected chi connectivity index (χ3v) is 3.60. The Morgan fingerprint density at radius 1 is 1.47 bits per heavy atom. The van der Waals surface area contributed by atoms with Crippen molar-refractivity contribution in [1.82, 2.24) is 0 Å². The van der Waals surface area contributed by atoms with Crippen LogP contribution in [0, 0.1) is 17.0 Å². The maximum absolute atomic E-state index is 11.0. The Labute approximate surface area is 92.0 Å². The highest BCUT2D eigenvalue weighted by Crippen LogP contribution is 2.33. The highest BCUT2D eigenvalue weighted by Gasteiger charge is 2.29. The molecule has 0 amide bonds. The first-order valence-corrected chi connectivity index (χ1v) is 5.51. The molecule has 0 aromatic heterocycles. The number of para-hydroxylation sites is 1. The number of aryl methyl sites for hydroxylation is 1. The molecule has 1 aromatic rings. The van der Waals surface area contributed by atoms with E-state index in [9.17, 15) is 10.1 Å². The Bertz CT molecular complexity index is 390. The Balaban J connectivity index is 3.42. The van der Waals surface area contributed by atoms with Gasteiger partial charge in [0.2, 0.25) is 0 Å². The zero-order valence-electron chi connectivity index (χ0n) is 9.40. The Morgan fingerprint density at radius 3 is 2.53 bits per heavy atom. The molecule has 4 nitrogen and oxygen atoms in total. The Hall–Kier alpha value is -1.20. The van der Waals surface area contributed by atoms with Gasteiger partial charge in [-0.3, -0.25) is 10.1 Å². The highest BCUT2D eigenvalue weighted by molar-refractivity contribution is 5.98. The van der Waals surface area contributed by atoms with Gasteiger partial charge in [0.1, 0.15) is 10.5 Å². The minimum absolute atomic E-state index is 0.165. The lowest BCUT2D eigenvalue weighted by Gasteiger charge is -2.24. The van der Waals surface area contributed by atoms with E-state index in [4.69, 9.17) is 4.43 Å². The highest BCUT2D eigenvalue weighted by atomic mass is 28.2. The largest absolute Gasteiger partial charge is 0.419 e. The fourth-order valence-electron chi connectivity index (χ4n) is 1.50. The summed E-state index contributed by atoms with van der Waals surface area (Å²) in [6, 6.07) is 5.31. The topological polar surface area (TPSA) is 52.4 Å². The quantitative estimate of drug-likeness (QED) is 0.444. The Kier molecular flexibility index (Phi) is 3.26. The number of hydrogen-bond acceptors (Lipinski definition) is 3. The van der Waals surface area contributed by atoms with Crippen molar-refractivity contribution in [3.05, 3.63) is 39.4 Å². The summed E-state index contributed by atoms with van der Waals surface area (Å²) in [5.41, 5.74) is 0.894. The van der Waals surface area contributed by atoms with Gasteiger partial charge < -0.3 is 4.43 Å². The maximum atomic E-state index is 11.0. The van der Waals surface area contributed by atoms with Crippen molar-refractivity contribution >= 4 is 16.2 Å². The lowest BCUT2D eigenvalue weighted by atomic mass is 9.94. The summed E-state index contributed by atoms with van der Waals surface area (Å²) >= 11 is 0. The van der Waals surface area contributed by atoms with E-state index in [1.165, 1.54) is 0 Å². The fraction of sp³-hybridized carbons (Fsp3) is 0.400. The standard InChI is InChI=1S/C10H15NO3Si/c1-7-5-4-6-8(9(7)11(12)13)10(2,3)14-15/h4-6H,1-3,15H3. The van der Waals surface area contributed by atoms with Crippen LogP contribution in [0.3, 0.4) is 0 Å². The van der Waals surface area contributed by atoms with Crippen LogP contribution in [0.1, 0.15) is 25.0 Å². The van der Waals surface area contributed by atoms with Crippen molar-refractivity contribution in [2.24, 2.45) is 0 Å². The molecule has 0 saturated heterocycles. The van der Waals surface area contributed by atoms with Crippen LogP contribution in [0.4, 0.5) is 5.69 Å². The zero-order chi connectivity index (χ0) is 11.6. The monoisotopic (exact) mass is 225 g/mol. The summed E-state index contributed by atoms with van der Waals surface area (Å²) < 4.78 is 5.40. The van der Waals surface area contributed by atoms with Crippen LogP contribution in [-0.2, 0) is 10.0 Å². The van der Waals surface area contributed by atoms with E-state index in [0.29, 0.717) is 21.6 Å². The molecule has 15 heavy (non-hydrogen) atoms. The van der Waals surface area contributed by atoms with Gasteiger partial charge in [-0.1, -0.05) is 12.1 Å². The SMILES string of the molecule is Cc1cccc(C(C)(C)O[SiH3])c1[N+](=O)[O-]. The van der Waals surface area contributed by atoms with E-state index in [1.807, 2.05) is 19.9 Å². The number of benzene rings is 1. The second kappa shape index (κ2) is 4.12. The molecule has 0 fully saturated rings. The van der Waals surface area contributed by atoms with Crippen LogP contribution in [0.25, 0.3) is 0 Å². The van der Waals surface area contributed by atoms with E-state index >= 15 is 0 Å². The lowest BCUT2D eigenvalue weighted by molar-refractivity contribution is -0.387. The lowest BCUT2D eigenvalue weighted by Crippen LogP contribution is -2.22. The van der Waals surface area contributed by atoms with Crippen LogP contribution in [0.15, 0.2) is 18.2 Å². The van der Waals surface area contributed by atoms with E-state index in [-0.39, 0.29) is 10.6 Å². The second-order valence-electron chi connectivity index (χ2n) is 3.94. The number of nitro groups is 1. The van der Waals surface area contributed by atoms with Crippen molar-refractivity contribution in [3.8, 4) is 0 Å². The fourth-order valence-corrected chi connectivity index (χ4v) is 1.72. The van der Waals surface area contributed by atoms with Crippen molar-refractivity contribution in [2.45, 2.75) is 26.4 Å². The molecule has 1 aromatic carbocycles. The van der Waals surface area contributed by atoms with Gasteiger partial charge in [-0.05, 0) is 26.8 Å². The molecule has 5 heteroatoms. The molecule has 0 N–H and O–H groups in total. The van der Waals surface area contributed by atoms with Crippen molar-refractivity contribution in [2.75, 3.05) is 0 Å². The summed E-state index contributed by atoms with van der Waals surface area (Å²) in [6.07, 6.45) is 0. The van der Waals surface area contributed by atoms with Gasteiger partial charge in [-0.25, -0.2) is 0 Å². The molecule has 0 unspecified atom stereocenters. The van der Waals surface area contributed by atoms with Crippen LogP contribution in [0.2, 0.25) is 0 Å².